The number of halogens is 1. The van der Waals surface area contributed by atoms with Gasteiger partial charge in [0.1, 0.15) is 11.4 Å². The van der Waals surface area contributed by atoms with E-state index in [0.717, 1.165) is 11.3 Å². The van der Waals surface area contributed by atoms with Crippen molar-refractivity contribution in [3.8, 4) is 5.75 Å². The van der Waals surface area contributed by atoms with Crippen LogP contribution in [0.1, 0.15) is 31.9 Å². The summed E-state index contributed by atoms with van der Waals surface area (Å²) in [4.78, 5) is 6.86. The molecule has 1 aliphatic rings. The third kappa shape index (κ3) is 3.42. The van der Waals surface area contributed by atoms with E-state index in [0.29, 0.717) is 10.8 Å². The number of likely N-dealkylation sites (N-methyl/N-ethyl adjacent to an activating group) is 1. The van der Waals surface area contributed by atoms with Crippen LogP contribution in [0.3, 0.4) is 0 Å². The van der Waals surface area contributed by atoms with E-state index in [4.69, 9.17) is 16.3 Å². The molecule has 2 aromatic rings. The largest absolute Gasteiger partial charge is 0.494 e. The van der Waals surface area contributed by atoms with E-state index in [-0.39, 0.29) is 5.54 Å². The minimum Gasteiger partial charge on any atom is -0.494 e. The summed E-state index contributed by atoms with van der Waals surface area (Å²) in [7, 11) is 3.76. The number of fused-ring (bicyclic) bond motifs is 1. The second-order valence-corrected chi connectivity index (χ2v) is 7.33. The van der Waals surface area contributed by atoms with Crippen LogP contribution in [0.2, 0.25) is 5.02 Å². The van der Waals surface area contributed by atoms with Gasteiger partial charge in [0, 0.05) is 29.5 Å². The molecule has 1 aliphatic heterocycles. The number of anilines is 1. The van der Waals surface area contributed by atoms with Crippen molar-refractivity contribution < 1.29 is 4.74 Å². The molecule has 4 heteroatoms. The van der Waals surface area contributed by atoms with Crippen molar-refractivity contribution in [2.24, 2.45) is 4.99 Å². The van der Waals surface area contributed by atoms with Crippen molar-refractivity contribution in [3.05, 3.63) is 58.6 Å². The Morgan fingerprint density at radius 3 is 2.64 bits per heavy atom. The fourth-order valence-corrected chi connectivity index (χ4v) is 3.33. The highest BCUT2D eigenvalue weighted by atomic mass is 35.5. The second kappa shape index (κ2) is 6.57. The fraction of sp³-hybridized carbons (Fsp3) is 0.286. The molecule has 130 valence electrons. The number of aliphatic imine (C=N–C) groups is 1. The van der Waals surface area contributed by atoms with Crippen LogP contribution in [-0.4, -0.2) is 25.9 Å². The third-order valence-corrected chi connectivity index (χ3v) is 4.97. The van der Waals surface area contributed by atoms with Gasteiger partial charge in [-0.05, 0) is 62.2 Å². The van der Waals surface area contributed by atoms with Gasteiger partial charge in [0.25, 0.3) is 0 Å². The third-order valence-electron chi connectivity index (χ3n) is 4.73. The summed E-state index contributed by atoms with van der Waals surface area (Å²) in [6.45, 7) is 6.61. The molecule has 0 N–H and O–H groups in total. The number of ether oxygens (including phenoxy) is 1. The summed E-state index contributed by atoms with van der Waals surface area (Å²) in [6, 6.07) is 11.8. The molecule has 0 aliphatic carbocycles. The predicted octanol–water partition coefficient (Wildman–Crippen LogP) is 5.73. The topological polar surface area (TPSA) is 24.8 Å². The van der Waals surface area contributed by atoms with Crippen LogP contribution in [0.25, 0.3) is 5.57 Å². The van der Waals surface area contributed by atoms with E-state index in [9.17, 15) is 0 Å². The first-order chi connectivity index (χ1) is 11.8. The Hall–Kier alpha value is -2.26. The number of allylic oxidation sites excluding steroid dienone is 1. The van der Waals surface area contributed by atoms with Crippen LogP contribution in [0.4, 0.5) is 11.4 Å². The molecule has 0 saturated carbocycles. The molecule has 0 saturated heterocycles. The zero-order valence-corrected chi connectivity index (χ0v) is 16.1. The van der Waals surface area contributed by atoms with Crippen LogP contribution in [0.15, 0.2) is 47.5 Å². The molecule has 25 heavy (non-hydrogen) atoms. The Morgan fingerprint density at radius 2 is 1.92 bits per heavy atom. The lowest BCUT2D eigenvalue weighted by molar-refractivity contribution is 0.416. The highest BCUT2D eigenvalue weighted by Gasteiger charge is 2.28. The Morgan fingerprint density at radius 1 is 1.16 bits per heavy atom. The first-order valence-electron chi connectivity index (χ1n) is 8.27. The highest BCUT2D eigenvalue weighted by molar-refractivity contribution is 6.30. The maximum absolute atomic E-state index is 6.07. The molecular weight excluding hydrogens is 332 g/mol. The SMILES string of the molecule is COc1ccc(Cl)cc1N=Cc1ccc2c(c1)C(C)=CC(C)(C)N2C. The van der Waals surface area contributed by atoms with E-state index in [2.05, 4.69) is 62.0 Å². The molecule has 0 unspecified atom stereocenters. The second-order valence-electron chi connectivity index (χ2n) is 6.89. The van der Waals surface area contributed by atoms with E-state index < -0.39 is 0 Å². The number of rotatable bonds is 3. The van der Waals surface area contributed by atoms with Crippen molar-refractivity contribution in [1.29, 1.82) is 0 Å². The van der Waals surface area contributed by atoms with Crippen molar-refractivity contribution in [3.63, 3.8) is 0 Å². The Bertz CT molecular complexity index is 868. The molecule has 0 spiro atoms. The Kier molecular flexibility index (Phi) is 4.61. The summed E-state index contributed by atoms with van der Waals surface area (Å²) >= 11 is 6.07. The van der Waals surface area contributed by atoms with Gasteiger partial charge in [0.15, 0.2) is 0 Å². The van der Waals surface area contributed by atoms with Crippen LogP contribution in [0.5, 0.6) is 5.75 Å². The zero-order chi connectivity index (χ0) is 18.2. The van der Waals surface area contributed by atoms with E-state index in [1.807, 2.05) is 12.3 Å². The zero-order valence-electron chi connectivity index (χ0n) is 15.3. The van der Waals surface area contributed by atoms with Crippen LogP contribution < -0.4 is 9.64 Å². The van der Waals surface area contributed by atoms with Crippen molar-refractivity contribution in [2.45, 2.75) is 26.3 Å². The van der Waals surface area contributed by atoms with Crippen molar-refractivity contribution in [1.82, 2.24) is 0 Å². The van der Waals surface area contributed by atoms with Gasteiger partial charge in [-0.15, -0.1) is 0 Å². The quantitative estimate of drug-likeness (QED) is 0.657. The normalized spacial score (nSPS) is 15.9. The number of hydrogen-bond donors (Lipinski definition) is 0. The minimum atomic E-state index is 0.0147. The lowest BCUT2D eigenvalue weighted by Crippen LogP contribution is -2.42. The summed E-state index contributed by atoms with van der Waals surface area (Å²) < 4.78 is 5.35. The number of hydrogen-bond acceptors (Lipinski definition) is 3. The van der Waals surface area contributed by atoms with Gasteiger partial charge in [0.2, 0.25) is 0 Å². The number of benzene rings is 2. The molecule has 1 heterocycles. The lowest BCUT2D eigenvalue weighted by Gasteiger charge is -2.40. The van der Waals surface area contributed by atoms with Gasteiger partial charge in [-0.3, -0.25) is 4.99 Å². The van der Waals surface area contributed by atoms with Crippen LogP contribution in [-0.2, 0) is 0 Å². The highest BCUT2D eigenvalue weighted by Crippen LogP contribution is 2.38. The average Bonchev–Trinajstić information content (AvgIpc) is 2.57. The Labute approximate surface area is 154 Å². The maximum atomic E-state index is 6.07. The predicted molar refractivity (Wildman–Crippen MR) is 108 cm³/mol. The first kappa shape index (κ1) is 17.6. The number of methoxy groups -OCH3 is 1. The summed E-state index contributed by atoms with van der Waals surface area (Å²) in [5.74, 6) is 0.705. The molecule has 0 bridgehead atoms. The molecular formula is C21H23ClN2O. The van der Waals surface area contributed by atoms with Gasteiger partial charge in [-0.25, -0.2) is 0 Å². The maximum Gasteiger partial charge on any atom is 0.144 e. The fourth-order valence-electron chi connectivity index (χ4n) is 3.17. The van der Waals surface area contributed by atoms with Crippen LogP contribution >= 0.6 is 11.6 Å². The summed E-state index contributed by atoms with van der Waals surface area (Å²) in [5.41, 5.74) is 5.54. The summed E-state index contributed by atoms with van der Waals surface area (Å²) in [6.07, 6.45) is 4.15. The van der Waals surface area contributed by atoms with Crippen molar-refractivity contribution >= 4 is 34.8 Å². The molecule has 3 nitrogen and oxygen atoms in total. The van der Waals surface area contributed by atoms with Gasteiger partial charge < -0.3 is 9.64 Å². The van der Waals surface area contributed by atoms with Crippen molar-refractivity contribution in [2.75, 3.05) is 19.1 Å². The molecule has 0 fully saturated rings. The first-order valence-corrected chi connectivity index (χ1v) is 8.65. The lowest BCUT2D eigenvalue weighted by atomic mass is 9.89. The molecule has 0 aromatic heterocycles. The average molecular weight is 355 g/mol. The minimum absolute atomic E-state index is 0.0147. The summed E-state index contributed by atoms with van der Waals surface area (Å²) in [5, 5.41) is 0.640. The number of nitrogens with zero attached hydrogens (tertiary/aromatic N) is 2. The smallest absolute Gasteiger partial charge is 0.144 e. The van der Waals surface area contributed by atoms with Gasteiger partial charge >= 0.3 is 0 Å². The molecule has 3 rings (SSSR count). The monoisotopic (exact) mass is 354 g/mol. The molecule has 2 aromatic carbocycles. The molecule has 0 radical (unpaired) electrons. The van der Waals surface area contributed by atoms with E-state index in [1.54, 1.807) is 19.2 Å². The van der Waals surface area contributed by atoms with Gasteiger partial charge in [-0.1, -0.05) is 23.7 Å². The van der Waals surface area contributed by atoms with Gasteiger partial charge in [0.05, 0.1) is 12.6 Å². The Balaban J connectivity index is 1.97. The van der Waals surface area contributed by atoms with E-state index >= 15 is 0 Å². The van der Waals surface area contributed by atoms with Crippen LogP contribution in [0, 0.1) is 0 Å². The van der Waals surface area contributed by atoms with E-state index in [1.165, 1.54) is 16.8 Å². The molecule has 0 atom stereocenters. The molecule has 0 amide bonds. The van der Waals surface area contributed by atoms with Gasteiger partial charge in [-0.2, -0.15) is 0 Å². The standard InChI is InChI=1S/C21H23ClN2O/c1-14-12-21(2,3)24(4)19-8-6-15(10-17(14)19)13-23-18-11-16(22)7-9-20(18)25-5/h6-13H,1-5H3.